The van der Waals surface area contributed by atoms with Gasteiger partial charge in [-0.15, -0.1) is 0 Å². The molecule has 1 aliphatic carbocycles. The standard InChI is InChI=1S/C16H23FN2O3S/c1-12(19-23(20,21)9-3-2-8-18)14-6-7-15(17)16(10-14)22-11-13-4-5-13/h3,6-7,9-10,12-13,19H,2,4-5,8,11,18H2,1H3/b9-3+/t12-/m0/s1. The van der Waals surface area contributed by atoms with E-state index in [9.17, 15) is 12.8 Å². The first-order valence-electron chi connectivity index (χ1n) is 7.72. The predicted octanol–water partition coefficient (Wildman–Crippen LogP) is 2.46. The minimum atomic E-state index is -3.56. The quantitative estimate of drug-likeness (QED) is 0.722. The van der Waals surface area contributed by atoms with Crippen molar-refractivity contribution in [2.45, 2.75) is 32.2 Å². The number of halogens is 1. The Bertz CT molecular complexity index is 657. The Morgan fingerprint density at radius 1 is 1.48 bits per heavy atom. The Morgan fingerprint density at radius 3 is 2.87 bits per heavy atom. The SMILES string of the molecule is C[C@H](NS(=O)(=O)/C=C/CCN)c1ccc(F)c(OCC2CC2)c1. The minimum Gasteiger partial charge on any atom is -0.490 e. The monoisotopic (exact) mass is 342 g/mol. The Hall–Kier alpha value is -1.44. The molecule has 23 heavy (non-hydrogen) atoms. The molecule has 0 aromatic heterocycles. The van der Waals surface area contributed by atoms with Gasteiger partial charge in [0.05, 0.1) is 6.61 Å². The van der Waals surface area contributed by atoms with Gasteiger partial charge < -0.3 is 10.5 Å². The third-order valence-corrected chi connectivity index (χ3v) is 4.81. The summed E-state index contributed by atoms with van der Waals surface area (Å²) >= 11 is 0. The zero-order valence-corrected chi connectivity index (χ0v) is 14.0. The largest absolute Gasteiger partial charge is 0.490 e. The Kier molecular flexibility index (Phi) is 6.15. The van der Waals surface area contributed by atoms with Crippen LogP contribution in [0.3, 0.4) is 0 Å². The maximum Gasteiger partial charge on any atom is 0.233 e. The van der Waals surface area contributed by atoms with E-state index < -0.39 is 21.9 Å². The molecule has 0 radical (unpaired) electrons. The molecule has 1 fully saturated rings. The van der Waals surface area contributed by atoms with Gasteiger partial charge in [-0.1, -0.05) is 12.1 Å². The molecule has 1 aromatic carbocycles. The van der Waals surface area contributed by atoms with Crippen LogP contribution >= 0.6 is 0 Å². The number of hydrogen-bond acceptors (Lipinski definition) is 4. The molecule has 0 saturated heterocycles. The van der Waals surface area contributed by atoms with Crippen molar-refractivity contribution in [1.82, 2.24) is 4.72 Å². The maximum atomic E-state index is 13.8. The lowest BCUT2D eigenvalue weighted by Crippen LogP contribution is -2.25. The first kappa shape index (κ1) is 17.9. The van der Waals surface area contributed by atoms with Crippen molar-refractivity contribution in [2.24, 2.45) is 11.7 Å². The highest BCUT2D eigenvalue weighted by Gasteiger charge is 2.23. The Labute approximate surface area is 136 Å². The highest BCUT2D eigenvalue weighted by molar-refractivity contribution is 7.92. The summed E-state index contributed by atoms with van der Waals surface area (Å²) in [5.74, 6) is 0.244. The smallest absolute Gasteiger partial charge is 0.233 e. The van der Waals surface area contributed by atoms with Crippen LogP contribution in [0.25, 0.3) is 0 Å². The Morgan fingerprint density at radius 2 is 2.22 bits per heavy atom. The van der Waals surface area contributed by atoms with Crippen LogP contribution in [0.2, 0.25) is 0 Å². The number of sulfonamides is 1. The van der Waals surface area contributed by atoms with Crippen molar-refractivity contribution in [1.29, 1.82) is 0 Å². The predicted molar refractivity (Wildman–Crippen MR) is 87.9 cm³/mol. The molecule has 7 heteroatoms. The molecule has 0 spiro atoms. The number of nitrogens with two attached hydrogens (primary N) is 1. The van der Waals surface area contributed by atoms with Crippen molar-refractivity contribution in [3.8, 4) is 5.75 Å². The molecule has 5 nitrogen and oxygen atoms in total. The fraction of sp³-hybridized carbons (Fsp3) is 0.500. The average Bonchev–Trinajstić information content (AvgIpc) is 3.30. The summed E-state index contributed by atoms with van der Waals surface area (Å²) in [6, 6.07) is 3.91. The number of rotatable bonds is 9. The fourth-order valence-electron chi connectivity index (χ4n) is 2.04. The van der Waals surface area contributed by atoms with Gasteiger partial charge in [-0.3, -0.25) is 0 Å². The molecule has 0 aliphatic heterocycles. The van der Waals surface area contributed by atoms with Crippen LogP contribution in [0.15, 0.2) is 29.7 Å². The number of benzene rings is 1. The van der Waals surface area contributed by atoms with Gasteiger partial charge in [-0.05, 0) is 56.3 Å². The van der Waals surface area contributed by atoms with Gasteiger partial charge in [-0.2, -0.15) is 0 Å². The van der Waals surface area contributed by atoms with Crippen molar-refractivity contribution in [3.05, 3.63) is 41.1 Å². The zero-order chi connectivity index (χ0) is 16.9. The first-order valence-corrected chi connectivity index (χ1v) is 9.27. The molecule has 1 saturated carbocycles. The Balaban J connectivity index is 2.03. The fourth-order valence-corrected chi connectivity index (χ4v) is 3.13. The summed E-state index contributed by atoms with van der Waals surface area (Å²) in [7, 11) is -3.56. The van der Waals surface area contributed by atoms with E-state index in [-0.39, 0.29) is 5.75 Å². The lowest BCUT2D eigenvalue weighted by molar-refractivity contribution is 0.285. The van der Waals surface area contributed by atoms with Crippen molar-refractivity contribution < 1.29 is 17.5 Å². The van der Waals surface area contributed by atoms with Gasteiger partial charge in [0.2, 0.25) is 10.0 Å². The molecule has 0 bridgehead atoms. The lowest BCUT2D eigenvalue weighted by Gasteiger charge is -2.15. The molecule has 1 atom stereocenters. The molecule has 2 rings (SSSR count). The number of nitrogens with one attached hydrogen (secondary N) is 1. The van der Waals surface area contributed by atoms with Crippen LogP contribution in [-0.2, 0) is 10.0 Å². The summed E-state index contributed by atoms with van der Waals surface area (Å²) in [6.07, 6.45) is 4.23. The highest BCUT2D eigenvalue weighted by atomic mass is 32.2. The zero-order valence-electron chi connectivity index (χ0n) is 13.2. The second-order valence-corrected chi connectivity index (χ2v) is 7.38. The topological polar surface area (TPSA) is 81.4 Å². The van der Waals surface area contributed by atoms with E-state index in [1.165, 1.54) is 12.1 Å². The van der Waals surface area contributed by atoms with Crippen molar-refractivity contribution in [3.63, 3.8) is 0 Å². The van der Waals surface area contributed by atoms with Gasteiger partial charge in [0.15, 0.2) is 11.6 Å². The summed E-state index contributed by atoms with van der Waals surface area (Å²) in [5, 5.41) is 1.10. The van der Waals surface area contributed by atoms with E-state index in [0.717, 1.165) is 18.2 Å². The molecule has 128 valence electrons. The number of hydrogen-bond donors (Lipinski definition) is 2. The molecular weight excluding hydrogens is 319 g/mol. The second-order valence-electron chi connectivity index (χ2n) is 5.78. The van der Waals surface area contributed by atoms with Crippen molar-refractivity contribution >= 4 is 10.0 Å². The first-order chi connectivity index (χ1) is 10.9. The molecule has 0 amide bonds. The van der Waals surface area contributed by atoms with Crippen LogP contribution in [0.5, 0.6) is 5.75 Å². The van der Waals surface area contributed by atoms with Gasteiger partial charge in [0, 0.05) is 11.4 Å². The van der Waals surface area contributed by atoms with E-state index in [1.54, 1.807) is 19.1 Å². The summed E-state index contributed by atoms with van der Waals surface area (Å²) in [4.78, 5) is 0. The second kappa shape index (κ2) is 7.90. The van der Waals surface area contributed by atoms with E-state index in [1.807, 2.05) is 0 Å². The van der Waals surface area contributed by atoms with Gasteiger partial charge >= 0.3 is 0 Å². The minimum absolute atomic E-state index is 0.166. The van der Waals surface area contributed by atoms with Crippen LogP contribution in [-0.4, -0.2) is 21.6 Å². The van der Waals surface area contributed by atoms with E-state index in [2.05, 4.69) is 4.72 Å². The summed E-state index contributed by atoms with van der Waals surface area (Å²) < 4.78 is 45.6. The summed E-state index contributed by atoms with van der Waals surface area (Å²) in [5.41, 5.74) is 5.97. The van der Waals surface area contributed by atoms with Gasteiger partial charge in [0.1, 0.15) is 0 Å². The molecule has 0 heterocycles. The van der Waals surface area contributed by atoms with E-state index in [0.29, 0.717) is 31.1 Å². The summed E-state index contributed by atoms with van der Waals surface area (Å²) in [6.45, 7) is 2.59. The molecule has 1 aliphatic rings. The third kappa shape index (κ3) is 5.93. The average molecular weight is 342 g/mol. The van der Waals surface area contributed by atoms with Crippen molar-refractivity contribution in [2.75, 3.05) is 13.2 Å². The van der Waals surface area contributed by atoms with E-state index >= 15 is 0 Å². The highest BCUT2D eigenvalue weighted by Crippen LogP contribution is 2.31. The molecular formula is C16H23FN2O3S. The van der Waals surface area contributed by atoms with Crippen LogP contribution < -0.4 is 15.2 Å². The van der Waals surface area contributed by atoms with Crippen LogP contribution in [0.1, 0.15) is 37.8 Å². The maximum absolute atomic E-state index is 13.8. The lowest BCUT2D eigenvalue weighted by atomic mass is 10.1. The van der Waals surface area contributed by atoms with Crippen LogP contribution in [0.4, 0.5) is 4.39 Å². The molecule has 3 N–H and O–H groups in total. The van der Waals surface area contributed by atoms with Gasteiger partial charge in [-0.25, -0.2) is 17.5 Å². The van der Waals surface area contributed by atoms with Crippen LogP contribution in [0, 0.1) is 11.7 Å². The molecule has 0 unspecified atom stereocenters. The normalized spacial score (nSPS) is 16.7. The number of ether oxygens (including phenoxy) is 1. The molecule has 1 aromatic rings. The third-order valence-electron chi connectivity index (χ3n) is 3.58. The van der Waals surface area contributed by atoms with E-state index in [4.69, 9.17) is 10.5 Å². The van der Waals surface area contributed by atoms with Gasteiger partial charge in [0.25, 0.3) is 0 Å².